The largest absolute Gasteiger partial charge is 0.476 e. The number of benzene rings is 4. The van der Waals surface area contributed by atoms with E-state index in [0.717, 1.165) is 5.56 Å². The molecule has 202 valence electrons. The van der Waals surface area contributed by atoms with Gasteiger partial charge in [-0.25, -0.2) is 14.6 Å². The highest BCUT2D eigenvalue weighted by atomic mass is 16.5. The van der Waals surface area contributed by atoms with E-state index in [4.69, 9.17) is 24.9 Å². The summed E-state index contributed by atoms with van der Waals surface area (Å²) in [4.78, 5) is 31.2. The molecule has 4 aromatic carbocycles. The molecule has 0 saturated carbocycles. The highest BCUT2D eigenvalue weighted by Gasteiger charge is 2.21. The smallest absolute Gasteiger partial charge is 0.344 e. The van der Waals surface area contributed by atoms with E-state index in [-0.39, 0.29) is 6.61 Å². The number of fused-ring (bicyclic) bond motifs is 2. The van der Waals surface area contributed by atoms with Crippen molar-refractivity contribution in [1.82, 2.24) is 4.98 Å². The summed E-state index contributed by atoms with van der Waals surface area (Å²) in [6.45, 7) is 5.71. The van der Waals surface area contributed by atoms with Crippen LogP contribution in [0.2, 0.25) is 0 Å². The van der Waals surface area contributed by atoms with E-state index in [9.17, 15) is 9.59 Å². The van der Waals surface area contributed by atoms with Gasteiger partial charge in [0.15, 0.2) is 0 Å². The highest BCUT2D eigenvalue weighted by molar-refractivity contribution is 6.15. The van der Waals surface area contributed by atoms with Gasteiger partial charge in [-0.1, -0.05) is 55.5 Å². The van der Waals surface area contributed by atoms with Crippen LogP contribution in [0.3, 0.4) is 0 Å². The molecule has 0 saturated heterocycles. The maximum atomic E-state index is 13.7. The van der Waals surface area contributed by atoms with E-state index in [2.05, 4.69) is 0 Å². The Labute approximate surface area is 232 Å². The molecule has 1 unspecified atom stereocenters. The van der Waals surface area contributed by atoms with Crippen LogP contribution in [0.15, 0.2) is 84.9 Å². The van der Waals surface area contributed by atoms with E-state index in [1.54, 1.807) is 44.2 Å². The molecule has 1 atom stereocenters. The lowest BCUT2D eigenvalue weighted by Crippen LogP contribution is -2.25. The molecule has 7 heteroatoms. The van der Waals surface area contributed by atoms with Crippen LogP contribution in [0, 0.1) is 13.8 Å². The lowest BCUT2D eigenvalue weighted by molar-refractivity contribution is 0.0472. The standard InChI is InChI=1S/C33H30N2O5/c1-4-29(34)39-24-14-15-26-28(18-24)35-27-13-9-8-12-25(27)30(26)33(37)40-31-20(2)16-23(17-21(31)3)32(36)38-19-22-10-6-5-7-11-22/h5-18,29H,4,19,34H2,1-3H3. The van der Waals surface area contributed by atoms with Crippen molar-refractivity contribution in [2.24, 2.45) is 5.73 Å². The third kappa shape index (κ3) is 5.65. The first-order valence-corrected chi connectivity index (χ1v) is 13.1. The Bertz CT molecular complexity index is 1690. The lowest BCUT2D eigenvalue weighted by Gasteiger charge is -2.16. The summed E-state index contributed by atoms with van der Waals surface area (Å²) in [5.41, 5.74) is 10.2. The van der Waals surface area contributed by atoms with Gasteiger partial charge in [-0.2, -0.15) is 0 Å². The number of hydrogen-bond acceptors (Lipinski definition) is 7. The predicted molar refractivity (Wildman–Crippen MR) is 155 cm³/mol. The molecule has 0 bridgehead atoms. The quantitative estimate of drug-likeness (QED) is 0.103. The van der Waals surface area contributed by atoms with Crippen LogP contribution >= 0.6 is 0 Å². The Morgan fingerprint density at radius 3 is 2.23 bits per heavy atom. The van der Waals surface area contributed by atoms with E-state index < -0.39 is 18.2 Å². The Hall–Kier alpha value is -4.75. The SMILES string of the molecule is CCC(N)Oc1ccc2c(C(=O)Oc3c(C)cc(C(=O)OCc4ccccc4)cc3C)c3ccccc3nc2c1. The molecular weight excluding hydrogens is 504 g/mol. The van der Waals surface area contributed by atoms with E-state index in [1.807, 2.05) is 61.5 Å². The third-order valence-corrected chi connectivity index (χ3v) is 6.65. The Morgan fingerprint density at radius 1 is 0.825 bits per heavy atom. The second-order valence-electron chi connectivity index (χ2n) is 9.64. The number of carbonyl (C=O) groups is 2. The molecule has 0 amide bonds. The van der Waals surface area contributed by atoms with Crippen molar-refractivity contribution in [3.63, 3.8) is 0 Å². The van der Waals surface area contributed by atoms with Gasteiger partial charge in [0.25, 0.3) is 0 Å². The number of hydrogen-bond donors (Lipinski definition) is 1. The van der Waals surface area contributed by atoms with Crippen molar-refractivity contribution >= 4 is 33.7 Å². The Morgan fingerprint density at radius 2 is 1.50 bits per heavy atom. The predicted octanol–water partition coefficient (Wildman–Crippen LogP) is 6.65. The average Bonchev–Trinajstić information content (AvgIpc) is 2.96. The number of para-hydroxylation sites is 1. The molecule has 5 aromatic rings. The van der Waals surface area contributed by atoms with Crippen LogP contribution < -0.4 is 15.2 Å². The highest BCUT2D eigenvalue weighted by Crippen LogP contribution is 2.32. The molecular formula is C33H30N2O5. The van der Waals surface area contributed by atoms with Crippen LogP contribution in [-0.4, -0.2) is 23.2 Å². The normalized spacial score (nSPS) is 11.8. The first-order valence-electron chi connectivity index (χ1n) is 13.1. The van der Waals surface area contributed by atoms with Gasteiger partial charge in [0.2, 0.25) is 0 Å². The van der Waals surface area contributed by atoms with Gasteiger partial charge in [-0.05, 0) is 67.3 Å². The number of ether oxygens (including phenoxy) is 3. The second kappa shape index (κ2) is 11.6. The summed E-state index contributed by atoms with van der Waals surface area (Å²) in [7, 11) is 0. The summed E-state index contributed by atoms with van der Waals surface area (Å²) in [5, 5.41) is 1.31. The first kappa shape index (κ1) is 26.8. The topological polar surface area (TPSA) is 101 Å². The molecule has 0 aliphatic heterocycles. The van der Waals surface area contributed by atoms with Gasteiger partial charge in [0.05, 0.1) is 22.2 Å². The van der Waals surface area contributed by atoms with Crippen molar-refractivity contribution in [1.29, 1.82) is 0 Å². The molecule has 0 spiro atoms. The van der Waals surface area contributed by atoms with Gasteiger partial charge in [-0.3, -0.25) is 5.73 Å². The summed E-state index contributed by atoms with van der Waals surface area (Å²) in [5.74, 6) is 0.00546. The zero-order valence-corrected chi connectivity index (χ0v) is 22.6. The van der Waals surface area contributed by atoms with Crippen LogP contribution in [0.4, 0.5) is 0 Å². The van der Waals surface area contributed by atoms with Gasteiger partial charge >= 0.3 is 11.9 Å². The average molecular weight is 535 g/mol. The minimum absolute atomic E-state index is 0.174. The number of rotatable bonds is 8. The Kier molecular flexibility index (Phi) is 7.75. The van der Waals surface area contributed by atoms with Crippen molar-refractivity contribution in [2.45, 2.75) is 40.0 Å². The molecule has 0 fully saturated rings. The van der Waals surface area contributed by atoms with Crippen LogP contribution in [0.5, 0.6) is 11.5 Å². The number of pyridine rings is 1. The van der Waals surface area contributed by atoms with Crippen molar-refractivity contribution < 1.29 is 23.8 Å². The fourth-order valence-electron chi connectivity index (χ4n) is 4.60. The molecule has 0 radical (unpaired) electrons. The molecule has 7 nitrogen and oxygen atoms in total. The summed E-state index contributed by atoms with van der Waals surface area (Å²) in [6.07, 6.45) is 0.218. The monoisotopic (exact) mass is 534 g/mol. The maximum Gasteiger partial charge on any atom is 0.344 e. The van der Waals surface area contributed by atoms with Gasteiger partial charge < -0.3 is 14.2 Å². The van der Waals surface area contributed by atoms with Gasteiger partial charge in [0, 0.05) is 16.8 Å². The molecule has 1 heterocycles. The summed E-state index contributed by atoms with van der Waals surface area (Å²) < 4.78 is 17.2. The van der Waals surface area contributed by atoms with Gasteiger partial charge in [-0.15, -0.1) is 0 Å². The second-order valence-corrected chi connectivity index (χ2v) is 9.64. The third-order valence-electron chi connectivity index (χ3n) is 6.65. The molecule has 40 heavy (non-hydrogen) atoms. The molecule has 5 rings (SSSR count). The number of aryl methyl sites for hydroxylation is 2. The number of aromatic nitrogens is 1. The fourth-order valence-corrected chi connectivity index (χ4v) is 4.60. The minimum atomic E-state index is -0.520. The molecule has 0 aliphatic carbocycles. The van der Waals surface area contributed by atoms with Crippen molar-refractivity contribution in [3.05, 3.63) is 113 Å². The first-order chi connectivity index (χ1) is 19.3. The lowest BCUT2D eigenvalue weighted by atomic mass is 10.0. The number of carbonyl (C=O) groups excluding carboxylic acids is 2. The number of nitrogens with two attached hydrogens (primary N) is 1. The molecule has 0 aliphatic rings. The van der Waals surface area contributed by atoms with E-state index in [1.165, 1.54) is 0 Å². The number of esters is 2. The van der Waals surface area contributed by atoms with Crippen molar-refractivity contribution in [3.8, 4) is 11.5 Å². The fraction of sp³-hybridized carbons (Fsp3) is 0.182. The number of nitrogens with zero attached hydrogens (tertiary/aromatic N) is 1. The van der Waals surface area contributed by atoms with E-state index >= 15 is 0 Å². The maximum absolute atomic E-state index is 13.7. The van der Waals surface area contributed by atoms with E-state index in [0.29, 0.717) is 62.0 Å². The van der Waals surface area contributed by atoms with Crippen LogP contribution in [0.1, 0.15) is 50.8 Å². The minimum Gasteiger partial charge on any atom is -0.476 e. The summed E-state index contributed by atoms with van der Waals surface area (Å²) in [6, 6.07) is 25.6. The van der Waals surface area contributed by atoms with Crippen LogP contribution in [0.25, 0.3) is 21.8 Å². The summed E-state index contributed by atoms with van der Waals surface area (Å²) >= 11 is 0. The molecule has 2 N–H and O–H groups in total. The van der Waals surface area contributed by atoms with Gasteiger partial charge in [0.1, 0.15) is 24.3 Å². The van der Waals surface area contributed by atoms with Crippen LogP contribution in [-0.2, 0) is 11.3 Å². The Balaban J connectivity index is 1.45. The zero-order chi connectivity index (χ0) is 28.2. The van der Waals surface area contributed by atoms with Crippen molar-refractivity contribution in [2.75, 3.05) is 0 Å². The zero-order valence-electron chi connectivity index (χ0n) is 22.6. The molecule has 1 aromatic heterocycles.